The Morgan fingerprint density at radius 2 is 1.65 bits per heavy atom. The van der Waals surface area contributed by atoms with Crippen LogP contribution in [0.1, 0.15) is 0 Å². The lowest BCUT2D eigenvalue weighted by molar-refractivity contribution is 1.13. The number of aromatic nitrogens is 3. The standard InChI is InChI=1S/C20H20N6/c1-26(2)15-5-3-12(4-6-15)16-9-14(13-7-8-23-18(21)11-13)10-17-19(16)24-25-20(17)22/h3-11H,1-2H3,(H2,21,23)(H3,22,24,25). The molecule has 130 valence electrons. The molecule has 0 spiro atoms. The van der Waals surface area contributed by atoms with Crippen molar-refractivity contribution in [1.82, 2.24) is 15.2 Å². The number of benzene rings is 2. The summed E-state index contributed by atoms with van der Waals surface area (Å²) in [6, 6.07) is 16.3. The van der Waals surface area contributed by atoms with E-state index in [1.807, 2.05) is 32.3 Å². The largest absolute Gasteiger partial charge is 0.384 e. The van der Waals surface area contributed by atoms with Crippen molar-refractivity contribution in [2.75, 3.05) is 30.5 Å². The van der Waals surface area contributed by atoms with Crippen LogP contribution in [0.3, 0.4) is 0 Å². The van der Waals surface area contributed by atoms with Crippen molar-refractivity contribution in [3.05, 3.63) is 54.7 Å². The minimum Gasteiger partial charge on any atom is -0.384 e. The Bertz CT molecular complexity index is 1080. The molecule has 0 atom stereocenters. The Labute approximate surface area is 151 Å². The van der Waals surface area contributed by atoms with Gasteiger partial charge >= 0.3 is 0 Å². The number of aromatic amines is 1. The van der Waals surface area contributed by atoms with Crippen molar-refractivity contribution in [3.63, 3.8) is 0 Å². The van der Waals surface area contributed by atoms with Crippen LogP contribution < -0.4 is 16.4 Å². The maximum Gasteiger partial charge on any atom is 0.153 e. The number of rotatable bonds is 3. The smallest absolute Gasteiger partial charge is 0.153 e. The number of anilines is 3. The summed E-state index contributed by atoms with van der Waals surface area (Å²) in [4.78, 5) is 6.15. The maximum absolute atomic E-state index is 6.08. The van der Waals surface area contributed by atoms with Gasteiger partial charge < -0.3 is 16.4 Å². The summed E-state index contributed by atoms with van der Waals surface area (Å²) in [5.41, 5.74) is 18.1. The minimum atomic E-state index is 0.482. The normalized spacial score (nSPS) is 11.0. The number of H-pyrrole nitrogens is 1. The van der Waals surface area contributed by atoms with Crippen LogP contribution in [0.25, 0.3) is 33.2 Å². The van der Waals surface area contributed by atoms with E-state index in [1.165, 1.54) is 0 Å². The molecule has 2 heterocycles. The lowest BCUT2D eigenvalue weighted by atomic mass is 9.96. The number of nitrogen functional groups attached to an aromatic ring is 2. The Kier molecular flexibility index (Phi) is 3.73. The number of nitrogens with zero attached hydrogens (tertiary/aromatic N) is 3. The second kappa shape index (κ2) is 6.07. The molecule has 6 heteroatoms. The molecule has 0 amide bonds. The van der Waals surface area contributed by atoms with Crippen molar-refractivity contribution in [3.8, 4) is 22.3 Å². The minimum absolute atomic E-state index is 0.482. The summed E-state index contributed by atoms with van der Waals surface area (Å²) in [5.74, 6) is 0.967. The van der Waals surface area contributed by atoms with Gasteiger partial charge in [0, 0.05) is 36.9 Å². The van der Waals surface area contributed by atoms with Gasteiger partial charge in [-0.05, 0) is 53.1 Å². The number of pyridine rings is 1. The number of hydrogen-bond donors (Lipinski definition) is 3. The third-order valence-electron chi connectivity index (χ3n) is 4.51. The first-order chi connectivity index (χ1) is 12.5. The van der Waals surface area contributed by atoms with Crippen LogP contribution in [0, 0.1) is 0 Å². The molecule has 0 bridgehead atoms. The van der Waals surface area contributed by atoms with E-state index in [9.17, 15) is 0 Å². The van der Waals surface area contributed by atoms with Crippen LogP contribution in [0.2, 0.25) is 0 Å². The second-order valence-corrected chi connectivity index (χ2v) is 6.47. The summed E-state index contributed by atoms with van der Waals surface area (Å²) in [5, 5.41) is 8.14. The van der Waals surface area contributed by atoms with Crippen LogP contribution in [-0.2, 0) is 0 Å². The van der Waals surface area contributed by atoms with E-state index in [4.69, 9.17) is 11.5 Å². The summed E-state index contributed by atoms with van der Waals surface area (Å²) in [7, 11) is 4.05. The van der Waals surface area contributed by atoms with Gasteiger partial charge in [0.15, 0.2) is 5.82 Å². The predicted molar refractivity (Wildman–Crippen MR) is 108 cm³/mol. The summed E-state index contributed by atoms with van der Waals surface area (Å²) >= 11 is 0. The van der Waals surface area contributed by atoms with Crippen molar-refractivity contribution < 1.29 is 0 Å². The highest BCUT2D eigenvalue weighted by Crippen LogP contribution is 2.35. The van der Waals surface area contributed by atoms with Crippen LogP contribution >= 0.6 is 0 Å². The molecule has 2 aromatic heterocycles. The lowest BCUT2D eigenvalue weighted by Gasteiger charge is -2.13. The first kappa shape index (κ1) is 16.0. The van der Waals surface area contributed by atoms with Gasteiger partial charge in [0.25, 0.3) is 0 Å². The van der Waals surface area contributed by atoms with Gasteiger partial charge in [-0.25, -0.2) is 4.98 Å². The number of nitrogens with two attached hydrogens (primary N) is 2. The Morgan fingerprint density at radius 3 is 2.35 bits per heavy atom. The number of fused-ring (bicyclic) bond motifs is 1. The molecule has 0 saturated heterocycles. The molecule has 0 unspecified atom stereocenters. The highest BCUT2D eigenvalue weighted by Gasteiger charge is 2.13. The van der Waals surface area contributed by atoms with E-state index < -0.39 is 0 Å². The van der Waals surface area contributed by atoms with Crippen LogP contribution in [0.4, 0.5) is 17.3 Å². The molecule has 0 radical (unpaired) electrons. The molecule has 4 rings (SSSR count). The first-order valence-corrected chi connectivity index (χ1v) is 8.30. The molecule has 0 aliphatic carbocycles. The van der Waals surface area contributed by atoms with Gasteiger partial charge in [-0.1, -0.05) is 12.1 Å². The van der Waals surface area contributed by atoms with Gasteiger partial charge in [0.1, 0.15) is 5.82 Å². The van der Waals surface area contributed by atoms with Gasteiger partial charge in [0.05, 0.1) is 5.52 Å². The first-order valence-electron chi connectivity index (χ1n) is 8.30. The molecule has 0 fully saturated rings. The SMILES string of the molecule is CN(C)c1ccc(-c2cc(-c3ccnc(N)c3)cc3c(N)n[nH]c23)cc1. The summed E-state index contributed by atoms with van der Waals surface area (Å²) < 4.78 is 0. The molecule has 0 aliphatic rings. The zero-order valence-corrected chi connectivity index (χ0v) is 14.7. The van der Waals surface area contributed by atoms with Gasteiger partial charge in [-0.3, -0.25) is 5.10 Å². The molecule has 6 nitrogen and oxygen atoms in total. The Balaban J connectivity index is 1.93. The van der Waals surface area contributed by atoms with Crippen LogP contribution in [-0.4, -0.2) is 29.3 Å². The summed E-state index contributed by atoms with van der Waals surface area (Å²) in [6.07, 6.45) is 1.71. The highest BCUT2D eigenvalue weighted by molar-refractivity contribution is 6.02. The van der Waals surface area contributed by atoms with Gasteiger partial charge in [-0.15, -0.1) is 0 Å². The third kappa shape index (κ3) is 2.71. The van der Waals surface area contributed by atoms with Crippen molar-refractivity contribution in [2.24, 2.45) is 0 Å². The molecular formula is C20H20N6. The molecular weight excluding hydrogens is 324 g/mol. The fourth-order valence-corrected chi connectivity index (χ4v) is 3.10. The summed E-state index contributed by atoms with van der Waals surface area (Å²) in [6.45, 7) is 0. The Morgan fingerprint density at radius 1 is 0.885 bits per heavy atom. The second-order valence-electron chi connectivity index (χ2n) is 6.47. The highest BCUT2D eigenvalue weighted by atomic mass is 15.2. The Hall–Kier alpha value is -3.54. The van der Waals surface area contributed by atoms with E-state index in [2.05, 4.69) is 50.4 Å². The molecule has 4 aromatic rings. The predicted octanol–water partition coefficient (Wildman–Crippen LogP) is 3.52. The maximum atomic E-state index is 6.08. The lowest BCUT2D eigenvalue weighted by Crippen LogP contribution is -2.07. The van der Waals surface area contributed by atoms with Crippen molar-refractivity contribution in [1.29, 1.82) is 0 Å². The van der Waals surface area contributed by atoms with E-state index in [1.54, 1.807) is 6.20 Å². The van der Waals surface area contributed by atoms with E-state index in [-0.39, 0.29) is 0 Å². The van der Waals surface area contributed by atoms with Gasteiger partial charge in [-0.2, -0.15) is 5.10 Å². The monoisotopic (exact) mass is 344 g/mol. The number of nitrogens with one attached hydrogen (secondary N) is 1. The van der Waals surface area contributed by atoms with E-state index in [0.717, 1.165) is 38.8 Å². The number of hydrogen-bond acceptors (Lipinski definition) is 5. The average Bonchev–Trinajstić information content (AvgIpc) is 3.02. The fraction of sp³-hybridized carbons (Fsp3) is 0.100. The average molecular weight is 344 g/mol. The van der Waals surface area contributed by atoms with Crippen LogP contribution in [0.5, 0.6) is 0 Å². The zero-order valence-electron chi connectivity index (χ0n) is 14.7. The van der Waals surface area contributed by atoms with Crippen LogP contribution in [0.15, 0.2) is 54.7 Å². The molecule has 5 N–H and O–H groups in total. The molecule has 0 saturated carbocycles. The molecule has 2 aromatic carbocycles. The molecule has 26 heavy (non-hydrogen) atoms. The van der Waals surface area contributed by atoms with Crippen molar-refractivity contribution >= 4 is 28.2 Å². The van der Waals surface area contributed by atoms with E-state index >= 15 is 0 Å². The van der Waals surface area contributed by atoms with Crippen molar-refractivity contribution in [2.45, 2.75) is 0 Å². The fourth-order valence-electron chi connectivity index (χ4n) is 3.10. The molecule has 0 aliphatic heterocycles. The quantitative estimate of drug-likeness (QED) is 0.528. The van der Waals surface area contributed by atoms with Gasteiger partial charge in [0.2, 0.25) is 0 Å². The topological polar surface area (TPSA) is 96.8 Å². The van der Waals surface area contributed by atoms with E-state index in [0.29, 0.717) is 11.6 Å². The third-order valence-corrected chi connectivity index (χ3v) is 4.51. The zero-order chi connectivity index (χ0) is 18.3.